The van der Waals surface area contributed by atoms with Gasteiger partial charge in [-0.1, -0.05) is 12.1 Å². The maximum absolute atomic E-state index is 13.4. The fraction of sp³-hybridized carbons (Fsp3) is 0.696. The van der Waals surface area contributed by atoms with Gasteiger partial charge in [0.15, 0.2) is 5.96 Å². The summed E-state index contributed by atoms with van der Waals surface area (Å²) >= 11 is 0. The van der Waals surface area contributed by atoms with Crippen LogP contribution in [-0.2, 0) is 9.47 Å². The third-order valence-corrected chi connectivity index (χ3v) is 5.81. The highest BCUT2D eigenvalue weighted by molar-refractivity contribution is 14.0. The molecule has 1 unspecified atom stereocenters. The molecule has 0 saturated carbocycles. The van der Waals surface area contributed by atoms with E-state index in [9.17, 15) is 4.39 Å². The summed E-state index contributed by atoms with van der Waals surface area (Å²) in [5.41, 5.74) is 1.09. The Labute approximate surface area is 209 Å². The molecule has 0 spiro atoms. The van der Waals surface area contributed by atoms with E-state index in [-0.39, 0.29) is 35.8 Å². The molecule has 2 fully saturated rings. The fourth-order valence-electron chi connectivity index (χ4n) is 4.02. The predicted octanol–water partition coefficient (Wildman–Crippen LogP) is 2.48. The summed E-state index contributed by atoms with van der Waals surface area (Å²) in [7, 11) is 0. The van der Waals surface area contributed by atoms with Crippen LogP contribution in [0.5, 0.6) is 0 Å². The van der Waals surface area contributed by atoms with Gasteiger partial charge in [-0.25, -0.2) is 4.39 Å². The fourth-order valence-corrected chi connectivity index (χ4v) is 4.02. The van der Waals surface area contributed by atoms with Crippen LogP contribution in [0.2, 0.25) is 0 Å². The first kappa shape index (κ1) is 27.2. The first-order valence-electron chi connectivity index (χ1n) is 11.7. The number of hydrogen-bond donors (Lipinski definition) is 2. The molecule has 2 saturated heterocycles. The number of hydrogen-bond acceptors (Lipinski definition) is 5. The second kappa shape index (κ2) is 15.8. The lowest BCUT2D eigenvalue weighted by atomic mass is 10.0. The smallest absolute Gasteiger partial charge is 0.191 e. The Morgan fingerprint density at radius 1 is 1.00 bits per heavy atom. The molecular weight excluding hydrogens is 524 g/mol. The molecule has 2 aliphatic rings. The molecule has 2 heterocycles. The second-order valence-electron chi connectivity index (χ2n) is 8.02. The number of guanidine groups is 1. The number of ether oxygens (including phenoxy) is 2. The zero-order valence-corrected chi connectivity index (χ0v) is 21.6. The molecule has 0 aliphatic carbocycles. The van der Waals surface area contributed by atoms with Crippen molar-refractivity contribution in [2.45, 2.75) is 25.8 Å². The van der Waals surface area contributed by atoms with Crippen molar-refractivity contribution in [3.63, 3.8) is 0 Å². The first-order valence-corrected chi connectivity index (χ1v) is 11.7. The van der Waals surface area contributed by atoms with E-state index in [4.69, 9.17) is 14.5 Å². The molecule has 3 rings (SSSR count). The summed E-state index contributed by atoms with van der Waals surface area (Å²) in [6.07, 6.45) is 2.27. The average Bonchev–Trinajstić information content (AvgIpc) is 2.81. The lowest BCUT2D eigenvalue weighted by Gasteiger charge is -2.34. The summed E-state index contributed by atoms with van der Waals surface area (Å²) in [5.74, 6) is 0.634. The number of rotatable bonds is 10. The van der Waals surface area contributed by atoms with Crippen LogP contribution in [0.15, 0.2) is 29.3 Å². The van der Waals surface area contributed by atoms with E-state index in [1.54, 1.807) is 0 Å². The van der Waals surface area contributed by atoms with Gasteiger partial charge in [0.2, 0.25) is 0 Å². The summed E-state index contributed by atoms with van der Waals surface area (Å²) in [6.45, 7) is 12.5. The van der Waals surface area contributed by atoms with E-state index in [0.29, 0.717) is 6.54 Å². The number of aliphatic imine (C=N–C) groups is 1. The van der Waals surface area contributed by atoms with Crippen LogP contribution >= 0.6 is 24.0 Å². The number of halogens is 2. The number of nitrogens with zero attached hydrogens (tertiary/aromatic N) is 3. The van der Waals surface area contributed by atoms with Gasteiger partial charge in [-0.15, -0.1) is 24.0 Å². The van der Waals surface area contributed by atoms with E-state index >= 15 is 0 Å². The molecule has 1 atom stereocenters. The minimum Gasteiger partial charge on any atom is -0.379 e. The molecule has 1 aromatic rings. The molecule has 0 bridgehead atoms. The van der Waals surface area contributed by atoms with Gasteiger partial charge >= 0.3 is 0 Å². The van der Waals surface area contributed by atoms with Crippen molar-refractivity contribution in [3.8, 4) is 0 Å². The lowest BCUT2D eigenvalue weighted by Crippen LogP contribution is -2.42. The van der Waals surface area contributed by atoms with Crippen LogP contribution in [0.25, 0.3) is 0 Å². The van der Waals surface area contributed by atoms with Crippen LogP contribution in [0.3, 0.4) is 0 Å². The van der Waals surface area contributed by atoms with Crippen molar-refractivity contribution in [3.05, 3.63) is 35.6 Å². The van der Waals surface area contributed by atoms with Gasteiger partial charge in [-0.3, -0.25) is 14.8 Å². The molecule has 2 N–H and O–H groups in total. The number of morpholine rings is 2. The van der Waals surface area contributed by atoms with Gasteiger partial charge in [0.1, 0.15) is 5.82 Å². The predicted molar refractivity (Wildman–Crippen MR) is 137 cm³/mol. The highest BCUT2D eigenvalue weighted by atomic mass is 127. The summed E-state index contributed by atoms with van der Waals surface area (Å²) in [4.78, 5) is 9.72. The van der Waals surface area contributed by atoms with E-state index < -0.39 is 0 Å². The number of nitrogens with one attached hydrogen (secondary N) is 2. The molecule has 2 aliphatic heterocycles. The molecule has 0 radical (unpaired) electrons. The zero-order chi connectivity index (χ0) is 21.7. The minimum absolute atomic E-state index is 0. The molecule has 0 aromatic heterocycles. The maximum atomic E-state index is 13.4. The Bertz CT molecular complexity index is 652. The highest BCUT2D eigenvalue weighted by Gasteiger charge is 2.22. The third-order valence-electron chi connectivity index (χ3n) is 5.81. The molecule has 32 heavy (non-hydrogen) atoms. The van der Waals surface area contributed by atoms with Crippen LogP contribution in [0, 0.1) is 5.82 Å². The average molecular weight is 564 g/mol. The second-order valence-corrected chi connectivity index (χ2v) is 8.02. The Hall–Kier alpha value is -1.01. The molecule has 7 nitrogen and oxygen atoms in total. The van der Waals surface area contributed by atoms with E-state index in [1.807, 2.05) is 12.1 Å². The first-order chi connectivity index (χ1) is 15.3. The van der Waals surface area contributed by atoms with Crippen molar-refractivity contribution in [1.82, 2.24) is 20.4 Å². The summed E-state index contributed by atoms with van der Waals surface area (Å²) in [5, 5.41) is 6.82. The van der Waals surface area contributed by atoms with Gasteiger partial charge in [0.05, 0.1) is 39.0 Å². The van der Waals surface area contributed by atoms with Crippen LogP contribution in [0.4, 0.5) is 4.39 Å². The van der Waals surface area contributed by atoms with E-state index in [2.05, 4.69) is 27.4 Å². The van der Waals surface area contributed by atoms with Crippen molar-refractivity contribution in [2.75, 3.05) is 78.8 Å². The van der Waals surface area contributed by atoms with Gasteiger partial charge < -0.3 is 20.1 Å². The topological polar surface area (TPSA) is 61.4 Å². The van der Waals surface area contributed by atoms with Crippen molar-refractivity contribution in [2.24, 2.45) is 4.99 Å². The summed E-state index contributed by atoms with van der Waals surface area (Å²) in [6, 6.07) is 6.92. The highest BCUT2D eigenvalue weighted by Crippen LogP contribution is 2.22. The molecule has 1 aromatic carbocycles. The van der Waals surface area contributed by atoms with Crippen molar-refractivity contribution < 1.29 is 13.9 Å². The Balaban J connectivity index is 0.00000363. The van der Waals surface area contributed by atoms with Crippen molar-refractivity contribution in [1.29, 1.82) is 0 Å². The maximum Gasteiger partial charge on any atom is 0.191 e. The van der Waals surface area contributed by atoms with Gasteiger partial charge in [0.25, 0.3) is 0 Å². The quantitative estimate of drug-likeness (QED) is 0.198. The van der Waals surface area contributed by atoms with Crippen LogP contribution in [-0.4, -0.2) is 94.5 Å². The summed E-state index contributed by atoms with van der Waals surface area (Å²) < 4.78 is 24.4. The minimum atomic E-state index is -0.208. The third kappa shape index (κ3) is 9.46. The Morgan fingerprint density at radius 3 is 2.31 bits per heavy atom. The number of unbranched alkanes of at least 4 members (excludes halogenated alkanes) is 1. The van der Waals surface area contributed by atoms with Crippen LogP contribution < -0.4 is 10.6 Å². The monoisotopic (exact) mass is 563 g/mol. The normalized spacial score (nSPS) is 19.2. The van der Waals surface area contributed by atoms with Gasteiger partial charge in [0, 0.05) is 39.3 Å². The lowest BCUT2D eigenvalue weighted by molar-refractivity contribution is 0.0179. The van der Waals surface area contributed by atoms with Crippen molar-refractivity contribution >= 4 is 29.9 Å². The molecule has 0 amide bonds. The largest absolute Gasteiger partial charge is 0.379 e. The Morgan fingerprint density at radius 2 is 1.66 bits per heavy atom. The standard InChI is InChI=1S/C23H38FN5O2.HI/c1-2-25-23(26-9-3-4-10-28-11-15-30-16-12-28)27-19-22(29-13-17-31-18-14-29)20-5-7-21(24)8-6-20;/h5-8,22H,2-4,9-19H2,1H3,(H2,25,26,27);1H. The van der Waals surface area contributed by atoms with E-state index in [0.717, 1.165) is 90.2 Å². The van der Waals surface area contributed by atoms with Gasteiger partial charge in [-0.05, 0) is 44.0 Å². The number of benzene rings is 1. The molecular formula is C23H39FIN5O2. The Kier molecular flexibility index (Phi) is 13.4. The van der Waals surface area contributed by atoms with Crippen LogP contribution in [0.1, 0.15) is 31.4 Å². The molecule has 9 heteroatoms. The SMILES string of the molecule is CCNC(=NCC(c1ccc(F)cc1)N1CCOCC1)NCCCCN1CCOCC1.I. The van der Waals surface area contributed by atoms with E-state index in [1.165, 1.54) is 18.6 Å². The molecule has 182 valence electrons. The van der Waals surface area contributed by atoms with Gasteiger partial charge in [-0.2, -0.15) is 0 Å². The zero-order valence-electron chi connectivity index (χ0n) is 19.2.